The number of allylic oxidation sites excluding steroid dienone is 4. The molecule has 0 aliphatic heterocycles. The van der Waals surface area contributed by atoms with Crippen LogP contribution in [0, 0.1) is 5.92 Å². The van der Waals surface area contributed by atoms with Crippen LogP contribution < -0.4 is 19.6 Å². The Labute approximate surface area is 542 Å². The van der Waals surface area contributed by atoms with Crippen molar-refractivity contribution in [1.82, 2.24) is 0 Å². The smallest absolute Gasteiger partial charge is 0.0544 e. The molecule has 0 saturated carbocycles. The summed E-state index contributed by atoms with van der Waals surface area (Å²) in [5.74, 6) is -0.0948. The first kappa shape index (κ1) is 54.0. The third-order valence-electron chi connectivity index (χ3n) is 19.8. The van der Waals surface area contributed by atoms with Gasteiger partial charge in [-0.3, -0.25) is 0 Å². The van der Waals surface area contributed by atoms with Crippen molar-refractivity contribution in [2.24, 2.45) is 5.92 Å². The van der Waals surface area contributed by atoms with Crippen molar-refractivity contribution in [3.8, 4) is 11.1 Å². The van der Waals surface area contributed by atoms with Crippen LogP contribution in [0.2, 0.25) is 0 Å². The molecule has 1 atom stereocenters. The number of nitrogens with zero attached hydrogens (tertiary/aromatic N) is 4. The van der Waals surface area contributed by atoms with Gasteiger partial charge in [0.15, 0.2) is 0 Å². The Morgan fingerprint density at radius 1 is 0.237 bits per heavy atom. The van der Waals surface area contributed by atoms with Gasteiger partial charge in [-0.15, -0.1) is 0 Å². The van der Waals surface area contributed by atoms with Crippen LogP contribution in [-0.4, -0.2) is 0 Å². The molecule has 0 radical (unpaired) electrons. The monoisotopic (exact) mass is 1190 g/mol. The molecule has 15 aromatic rings. The van der Waals surface area contributed by atoms with E-state index in [-0.39, 0.29) is 5.92 Å². The molecule has 0 heterocycles. The number of hydrogen-bond donors (Lipinski definition) is 0. The Bertz CT molecular complexity index is 5270. The predicted octanol–water partition coefficient (Wildman–Crippen LogP) is 24.2. The first-order valence-corrected chi connectivity index (χ1v) is 32.3. The maximum absolute atomic E-state index is 2.58. The van der Waals surface area contributed by atoms with E-state index in [4.69, 9.17) is 0 Å². The van der Waals surface area contributed by atoms with E-state index in [2.05, 4.69) is 378 Å². The van der Waals surface area contributed by atoms with Gasteiger partial charge < -0.3 is 19.6 Å². The van der Waals surface area contributed by atoms with Crippen molar-refractivity contribution < 1.29 is 0 Å². The second-order valence-electron chi connectivity index (χ2n) is 24.7. The van der Waals surface area contributed by atoms with E-state index in [9.17, 15) is 0 Å². The van der Waals surface area contributed by atoms with Gasteiger partial charge in [0.2, 0.25) is 0 Å². The van der Waals surface area contributed by atoms with Gasteiger partial charge in [0.05, 0.1) is 28.2 Å². The van der Waals surface area contributed by atoms with Gasteiger partial charge in [-0.25, -0.2) is 0 Å². The fourth-order valence-corrected chi connectivity index (χ4v) is 15.9. The van der Waals surface area contributed by atoms with Gasteiger partial charge in [-0.2, -0.15) is 0 Å². The van der Waals surface area contributed by atoms with Gasteiger partial charge >= 0.3 is 0 Å². The van der Waals surface area contributed by atoms with Gasteiger partial charge in [0.1, 0.15) is 0 Å². The van der Waals surface area contributed by atoms with Crippen molar-refractivity contribution in [1.29, 1.82) is 0 Å². The average molecular weight is 1190 g/mol. The Morgan fingerprint density at radius 3 is 0.892 bits per heavy atom. The lowest BCUT2D eigenvalue weighted by atomic mass is 9.64. The highest BCUT2D eigenvalue weighted by Crippen LogP contribution is 2.68. The largest absolute Gasteiger partial charge is 0.314 e. The van der Waals surface area contributed by atoms with Crippen LogP contribution in [0.1, 0.15) is 28.7 Å². The third-order valence-corrected chi connectivity index (χ3v) is 19.8. The maximum atomic E-state index is 2.58. The highest BCUT2D eigenvalue weighted by molar-refractivity contribution is 6.05. The minimum Gasteiger partial charge on any atom is -0.314 e. The summed E-state index contributed by atoms with van der Waals surface area (Å²) in [5, 5.41) is 9.56. The Balaban J connectivity index is 0.950. The fraction of sp³-hybridized carbons (Fsp3) is 0.0337. The van der Waals surface area contributed by atoms with E-state index >= 15 is 0 Å². The second kappa shape index (κ2) is 22.2. The first-order valence-electron chi connectivity index (χ1n) is 32.3. The lowest BCUT2D eigenvalue weighted by Crippen LogP contribution is -2.35. The van der Waals surface area contributed by atoms with E-state index < -0.39 is 5.41 Å². The molecular weight excluding hydrogens is 1130 g/mol. The van der Waals surface area contributed by atoms with Crippen LogP contribution in [-0.2, 0) is 5.41 Å². The van der Waals surface area contributed by atoms with Crippen LogP contribution in [0.25, 0.3) is 59.8 Å². The molecule has 0 saturated heterocycles. The minimum absolute atomic E-state index is 0.0948. The fourth-order valence-electron chi connectivity index (χ4n) is 15.9. The summed E-state index contributed by atoms with van der Waals surface area (Å²) >= 11 is 0. The molecular formula is C89H62N4. The van der Waals surface area contributed by atoms with E-state index in [1.165, 1.54) is 87.7 Å². The van der Waals surface area contributed by atoms with Crippen LogP contribution in [0.5, 0.6) is 0 Å². The molecule has 1 spiro atoms. The SMILES string of the molecule is C1=C2c3ccc(N(c4ccccc4)c4cccc5ccccc45)cc3C3(c4cc(N(c5ccccc5)c5cccc6ccccc56)ccc4-c4ccc(N(c5ccccc5)c5cccc6ccccc56)cc43)C2CC(N(c2ccccc2)c2cccc3ccccc23)=C1. The molecule has 1 unspecified atom stereocenters. The molecule has 438 valence electrons. The van der Waals surface area contributed by atoms with Crippen LogP contribution in [0.3, 0.4) is 0 Å². The van der Waals surface area contributed by atoms with Crippen molar-refractivity contribution in [3.63, 3.8) is 0 Å². The quantitative estimate of drug-likeness (QED) is 0.121. The lowest BCUT2D eigenvalue weighted by Gasteiger charge is -2.40. The van der Waals surface area contributed by atoms with Gasteiger partial charge in [0, 0.05) is 73.0 Å². The van der Waals surface area contributed by atoms with Gasteiger partial charge in [-0.1, -0.05) is 243 Å². The summed E-state index contributed by atoms with van der Waals surface area (Å²) in [4.78, 5) is 10.0. The number of anilines is 11. The van der Waals surface area contributed by atoms with Crippen LogP contribution >= 0.6 is 0 Å². The first-order chi connectivity index (χ1) is 46.2. The summed E-state index contributed by atoms with van der Waals surface area (Å²) in [5.41, 5.74) is 21.6. The van der Waals surface area contributed by atoms with Crippen molar-refractivity contribution in [2.75, 3.05) is 19.6 Å². The molecule has 15 aromatic carbocycles. The van der Waals surface area contributed by atoms with Gasteiger partial charge in [0.25, 0.3) is 0 Å². The van der Waals surface area contributed by atoms with E-state index in [1.807, 2.05) is 0 Å². The summed E-state index contributed by atoms with van der Waals surface area (Å²) in [7, 11) is 0. The average Bonchev–Trinajstić information content (AvgIpc) is 1.51. The van der Waals surface area contributed by atoms with E-state index in [0.717, 1.165) is 69.0 Å². The van der Waals surface area contributed by atoms with Crippen molar-refractivity contribution in [3.05, 3.63) is 386 Å². The molecule has 18 rings (SSSR count). The van der Waals surface area contributed by atoms with Crippen LogP contribution in [0.15, 0.2) is 364 Å². The Kier molecular flexibility index (Phi) is 12.9. The molecule has 0 aromatic heterocycles. The summed E-state index contributed by atoms with van der Waals surface area (Å²) in [6, 6.07) is 128. The highest BCUT2D eigenvalue weighted by atomic mass is 15.2. The van der Waals surface area contributed by atoms with Gasteiger partial charge in [-0.05, 0) is 182 Å². The van der Waals surface area contributed by atoms with Crippen molar-refractivity contribution in [2.45, 2.75) is 11.8 Å². The third kappa shape index (κ3) is 8.74. The number of fused-ring (bicyclic) bond motifs is 14. The number of benzene rings is 15. The van der Waals surface area contributed by atoms with E-state index in [0.29, 0.717) is 0 Å². The Morgan fingerprint density at radius 2 is 0.527 bits per heavy atom. The molecule has 4 heteroatoms. The number of para-hydroxylation sites is 4. The molecule has 0 N–H and O–H groups in total. The highest BCUT2D eigenvalue weighted by Gasteiger charge is 2.58. The molecule has 93 heavy (non-hydrogen) atoms. The Hall–Kier alpha value is -12.0. The normalized spacial score (nSPS) is 14.1. The summed E-state index contributed by atoms with van der Waals surface area (Å²) in [6.07, 6.45) is 5.65. The zero-order valence-corrected chi connectivity index (χ0v) is 51.1. The zero-order valence-electron chi connectivity index (χ0n) is 51.1. The molecule has 3 aliphatic carbocycles. The van der Waals surface area contributed by atoms with Crippen molar-refractivity contribution >= 4 is 111 Å². The predicted molar refractivity (Wildman–Crippen MR) is 391 cm³/mol. The lowest BCUT2D eigenvalue weighted by molar-refractivity contribution is 0.483. The molecule has 0 fully saturated rings. The molecule has 4 nitrogen and oxygen atoms in total. The maximum Gasteiger partial charge on any atom is 0.0544 e. The molecule has 0 bridgehead atoms. The second-order valence-corrected chi connectivity index (χ2v) is 24.7. The topological polar surface area (TPSA) is 13.0 Å². The van der Waals surface area contributed by atoms with E-state index in [1.54, 1.807) is 0 Å². The molecule has 3 aliphatic rings. The minimum atomic E-state index is -0.780. The van der Waals surface area contributed by atoms with Crippen LogP contribution in [0.4, 0.5) is 62.6 Å². The standard InChI is InChI=1S/C89H62N4/c1-5-33-65(34-6-1)90(85-45-21-29-61-25-13-17-41-73(61)85)69-49-53-77-78-54-50-70(91(66-35-7-2-8-36-66)86-46-22-30-62-26-14-18-42-74(62)86)58-82(78)89(81(77)57-69)83-59-71(92(67-37-9-3-10-38-67)87-47-23-31-63-27-15-19-43-75(63)87)51-55-79(83)80-56-52-72(60-84(80)89)93(68-39-11-4-12-40-68)88-48-24-32-64-28-16-20-44-76(64)88/h1-59,84H,60H2. The molecule has 0 amide bonds. The summed E-state index contributed by atoms with van der Waals surface area (Å²) in [6.45, 7) is 0. The number of hydrogen-bond acceptors (Lipinski definition) is 4. The summed E-state index contributed by atoms with van der Waals surface area (Å²) < 4.78 is 0. The zero-order chi connectivity index (χ0) is 61.4. The number of rotatable bonds is 12.